The fourth-order valence-corrected chi connectivity index (χ4v) is 0.874. The van der Waals surface area contributed by atoms with E-state index >= 15 is 0 Å². The molecular weight excluding hydrogens is 170 g/mol. The predicted octanol–water partition coefficient (Wildman–Crippen LogP) is -0.537. The van der Waals surface area contributed by atoms with Gasteiger partial charge < -0.3 is 16.3 Å². The zero-order chi connectivity index (χ0) is 10.3. The maximum absolute atomic E-state index is 11.1. The number of rotatable bonds is 6. The van der Waals surface area contributed by atoms with Gasteiger partial charge in [0.1, 0.15) is 6.04 Å². The maximum atomic E-state index is 11.1. The molecule has 0 amide bonds. The van der Waals surface area contributed by atoms with Gasteiger partial charge in [0.15, 0.2) is 0 Å². The largest absolute Gasteiger partial charge is 0.367 e. The normalized spacial score (nSPS) is 13.0. The van der Waals surface area contributed by atoms with Gasteiger partial charge in [-0.25, -0.2) is 4.79 Å². The molecule has 0 heterocycles. The molecule has 0 saturated carbocycles. The highest BCUT2D eigenvalue weighted by molar-refractivity contribution is 5.75. The van der Waals surface area contributed by atoms with Crippen molar-refractivity contribution in [1.82, 2.24) is 5.06 Å². The number of hydroxylamine groups is 2. The highest BCUT2D eigenvalue weighted by Gasteiger charge is 2.15. The van der Waals surface area contributed by atoms with Crippen molar-refractivity contribution < 1.29 is 9.63 Å². The Bertz CT molecular complexity index is 150. The summed E-state index contributed by atoms with van der Waals surface area (Å²) in [4.78, 5) is 15.9. The van der Waals surface area contributed by atoms with Crippen molar-refractivity contribution in [3.63, 3.8) is 0 Å². The van der Waals surface area contributed by atoms with Crippen molar-refractivity contribution in [2.24, 2.45) is 11.5 Å². The van der Waals surface area contributed by atoms with Gasteiger partial charge in [-0.05, 0) is 19.4 Å². The van der Waals surface area contributed by atoms with E-state index in [1.54, 1.807) is 14.1 Å². The molecule has 0 rings (SSSR count). The second kappa shape index (κ2) is 6.82. The zero-order valence-electron chi connectivity index (χ0n) is 8.32. The predicted molar refractivity (Wildman–Crippen MR) is 50.7 cm³/mol. The molecule has 0 radical (unpaired) electrons. The van der Waals surface area contributed by atoms with E-state index in [1.807, 2.05) is 0 Å². The Hall–Kier alpha value is -0.650. The first-order valence-electron chi connectivity index (χ1n) is 4.42. The molecule has 0 unspecified atom stereocenters. The molecule has 0 fully saturated rings. The molecule has 4 N–H and O–H groups in total. The Morgan fingerprint density at radius 3 is 2.54 bits per heavy atom. The molecule has 0 aromatic carbocycles. The van der Waals surface area contributed by atoms with Crippen LogP contribution in [0, 0.1) is 0 Å². The molecule has 0 bridgehead atoms. The quantitative estimate of drug-likeness (QED) is 0.433. The lowest BCUT2D eigenvalue weighted by atomic mass is 10.1. The Morgan fingerprint density at radius 1 is 1.46 bits per heavy atom. The first-order valence-corrected chi connectivity index (χ1v) is 4.42. The van der Waals surface area contributed by atoms with Gasteiger partial charge in [0.25, 0.3) is 0 Å². The van der Waals surface area contributed by atoms with E-state index in [4.69, 9.17) is 16.3 Å². The lowest BCUT2D eigenvalue weighted by Crippen LogP contribution is -2.35. The number of hydrogen-bond acceptors (Lipinski definition) is 5. The molecule has 0 aliphatic heterocycles. The fraction of sp³-hybridized carbons (Fsp3) is 0.875. The van der Waals surface area contributed by atoms with Crippen molar-refractivity contribution in [3.05, 3.63) is 0 Å². The Balaban J connectivity index is 3.57. The third kappa shape index (κ3) is 6.51. The van der Waals surface area contributed by atoms with Gasteiger partial charge in [0.05, 0.1) is 0 Å². The lowest BCUT2D eigenvalue weighted by Gasteiger charge is -2.14. The lowest BCUT2D eigenvalue weighted by molar-refractivity contribution is -0.180. The topological polar surface area (TPSA) is 81.6 Å². The number of unbranched alkanes of at least 4 members (excludes halogenated alkanes) is 1. The van der Waals surface area contributed by atoms with Crippen LogP contribution in [0.1, 0.15) is 19.3 Å². The van der Waals surface area contributed by atoms with Crippen LogP contribution in [0.2, 0.25) is 0 Å². The summed E-state index contributed by atoms with van der Waals surface area (Å²) in [6, 6.07) is -0.533. The SMILES string of the molecule is CN(C)OC(=O)[C@@H](N)CCCCN. The molecule has 78 valence electrons. The summed E-state index contributed by atoms with van der Waals surface area (Å²) in [6.07, 6.45) is 2.38. The molecule has 1 atom stereocenters. The Morgan fingerprint density at radius 2 is 2.08 bits per heavy atom. The molecule has 0 aromatic heterocycles. The third-order valence-corrected chi connectivity index (χ3v) is 1.54. The zero-order valence-corrected chi connectivity index (χ0v) is 8.32. The monoisotopic (exact) mass is 189 g/mol. The van der Waals surface area contributed by atoms with E-state index in [1.165, 1.54) is 5.06 Å². The molecular formula is C8H19N3O2. The van der Waals surface area contributed by atoms with E-state index in [9.17, 15) is 4.79 Å². The molecule has 0 aliphatic rings. The standard InChI is InChI=1S/C8H19N3O2/c1-11(2)13-8(12)7(10)5-3-4-6-9/h7H,3-6,9-10H2,1-2H3/t7-/m0/s1. The molecule has 13 heavy (non-hydrogen) atoms. The van der Waals surface area contributed by atoms with Crippen LogP contribution in [0.3, 0.4) is 0 Å². The van der Waals surface area contributed by atoms with Crippen molar-refractivity contribution in [2.45, 2.75) is 25.3 Å². The third-order valence-electron chi connectivity index (χ3n) is 1.54. The first kappa shape index (κ1) is 12.3. The Kier molecular flexibility index (Phi) is 6.48. The van der Waals surface area contributed by atoms with E-state index in [0.717, 1.165) is 12.8 Å². The van der Waals surface area contributed by atoms with Gasteiger partial charge in [-0.3, -0.25) is 0 Å². The minimum atomic E-state index is -0.533. The van der Waals surface area contributed by atoms with Gasteiger partial charge in [-0.15, -0.1) is 5.06 Å². The van der Waals surface area contributed by atoms with Crippen LogP contribution in [-0.4, -0.2) is 37.7 Å². The minimum absolute atomic E-state index is 0.387. The van der Waals surface area contributed by atoms with Gasteiger partial charge in [0.2, 0.25) is 0 Å². The van der Waals surface area contributed by atoms with Gasteiger partial charge in [-0.1, -0.05) is 6.42 Å². The number of carbonyl (C=O) groups is 1. The van der Waals surface area contributed by atoms with Crippen molar-refractivity contribution >= 4 is 5.97 Å². The van der Waals surface area contributed by atoms with Crippen LogP contribution in [0.25, 0.3) is 0 Å². The van der Waals surface area contributed by atoms with Crippen LogP contribution in [0.4, 0.5) is 0 Å². The van der Waals surface area contributed by atoms with Crippen LogP contribution in [-0.2, 0) is 9.63 Å². The molecule has 0 spiro atoms. The van der Waals surface area contributed by atoms with Crippen molar-refractivity contribution in [3.8, 4) is 0 Å². The van der Waals surface area contributed by atoms with Gasteiger partial charge in [0, 0.05) is 14.1 Å². The molecule has 0 aromatic rings. The van der Waals surface area contributed by atoms with Gasteiger partial charge in [-0.2, -0.15) is 0 Å². The van der Waals surface area contributed by atoms with Crippen LogP contribution in [0.15, 0.2) is 0 Å². The van der Waals surface area contributed by atoms with Crippen molar-refractivity contribution in [1.29, 1.82) is 0 Å². The van der Waals surface area contributed by atoms with E-state index in [-0.39, 0.29) is 5.97 Å². The summed E-state index contributed by atoms with van der Waals surface area (Å²) in [5.74, 6) is -0.387. The average Bonchev–Trinajstić information content (AvgIpc) is 2.03. The van der Waals surface area contributed by atoms with Crippen LogP contribution in [0.5, 0.6) is 0 Å². The maximum Gasteiger partial charge on any atom is 0.341 e. The van der Waals surface area contributed by atoms with Crippen LogP contribution < -0.4 is 11.5 Å². The molecule has 0 aliphatic carbocycles. The van der Waals surface area contributed by atoms with Gasteiger partial charge >= 0.3 is 5.97 Å². The summed E-state index contributed by atoms with van der Waals surface area (Å²) in [7, 11) is 3.29. The highest BCUT2D eigenvalue weighted by atomic mass is 16.7. The Labute approximate surface area is 79.0 Å². The van der Waals surface area contributed by atoms with E-state index < -0.39 is 6.04 Å². The van der Waals surface area contributed by atoms with E-state index in [0.29, 0.717) is 13.0 Å². The number of hydrogen-bond donors (Lipinski definition) is 2. The second-order valence-corrected chi connectivity index (χ2v) is 3.11. The smallest absolute Gasteiger partial charge is 0.341 e. The summed E-state index contributed by atoms with van der Waals surface area (Å²) in [6.45, 7) is 0.634. The highest BCUT2D eigenvalue weighted by Crippen LogP contribution is 2.00. The number of nitrogens with zero attached hydrogens (tertiary/aromatic N) is 1. The number of nitrogens with two attached hydrogens (primary N) is 2. The first-order chi connectivity index (χ1) is 6.07. The summed E-state index contributed by atoms with van der Waals surface area (Å²) >= 11 is 0. The summed E-state index contributed by atoms with van der Waals surface area (Å²) < 4.78 is 0. The second-order valence-electron chi connectivity index (χ2n) is 3.11. The summed E-state index contributed by atoms with van der Waals surface area (Å²) in [5, 5.41) is 1.34. The summed E-state index contributed by atoms with van der Waals surface area (Å²) in [5.41, 5.74) is 10.9. The number of carbonyl (C=O) groups excluding carboxylic acids is 1. The van der Waals surface area contributed by atoms with Crippen LogP contribution >= 0.6 is 0 Å². The molecule has 5 nitrogen and oxygen atoms in total. The van der Waals surface area contributed by atoms with E-state index in [2.05, 4.69) is 0 Å². The molecule has 0 saturated heterocycles. The fourth-order valence-electron chi connectivity index (χ4n) is 0.874. The average molecular weight is 189 g/mol. The van der Waals surface area contributed by atoms with Crippen molar-refractivity contribution in [2.75, 3.05) is 20.6 Å². The molecule has 5 heteroatoms. The minimum Gasteiger partial charge on any atom is -0.367 e.